The average Bonchev–Trinajstić information content (AvgIpc) is 3.24. The molecule has 0 atom stereocenters. The van der Waals surface area contributed by atoms with Crippen LogP contribution in [0.4, 0.5) is 5.69 Å². The van der Waals surface area contributed by atoms with E-state index in [1.54, 1.807) is 25.5 Å². The lowest BCUT2D eigenvalue weighted by Gasteiger charge is -2.27. The van der Waals surface area contributed by atoms with Crippen LogP contribution in [0.2, 0.25) is 0 Å². The number of nitrogens with zero attached hydrogens (tertiary/aromatic N) is 2. The number of hydrogen-bond acceptors (Lipinski definition) is 5. The van der Waals surface area contributed by atoms with Gasteiger partial charge in [-0.15, -0.1) is 35.3 Å². The first-order valence-corrected chi connectivity index (χ1v) is 11.1. The Morgan fingerprint density at radius 3 is 2.97 bits per heavy atom. The van der Waals surface area contributed by atoms with E-state index in [2.05, 4.69) is 27.1 Å². The van der Waals surface area contributed by atoms with Crippen molar-refractivity contribution < 1.29 is 14.3 Å². The number of fused-ring (bicyclic) bond motifs is 1. The van der Waals surface area contributed by atoms with E-state index in [-0.39, 0.29) is 29.9 Å². The van der Waals surface area contributed by atoms with Crippen LogP contribution in [0.15, 0.2) is 40.7 Å². The molecular weight excluding hydrogens is 527 g/mol. The Kier molecular flexibility index (Phi) is 11.1. The number of anilines is 1. The molecule has 2 N–H and O–H groups in total. The summed E-state index contributed by atoms with van der Waals surface area (Å²) >= 11 is 1.78. The third kappa shape index (κ3) is 7.97. The molecule has 1 aromatic carbocycles. The van der Waals surface area contributed by atoms with E-state index in [4.69, 9.17) is 9.47 Å². The Hall–Kier alpha value is -1.85. The molecule has 3 rings (SSSR count). The normalized spacial score (nSPS) is 13.2. The van der Waals surface area contributed by atoms with Crippen molar-refractivity contribution in [2.45, 2.75) is 25.8 Å². The molecule has 1 aliphatic rings. The predicted molar refractivity (Wildman–Crippen MR) is 137 cm³/mol. The number of nitrogens with one attached hydrogen (secondary N) is 2. The van der Waals surface area contributed by atoms with E-state index in [0.717, 1.165) is 37.4 Å². The fourth-order valence-corrected chi connectivity index (χ4v) is 4.17. The second kappa shape index (κ2) is 13.5. The summed E-state index contributed by atoms with van der Waals surface area (Å²) in [6.45, 7) is 3.34. The van der Waals surface area contributed by atoms with Crippen molar-refractivity contribution in [3.05, 3.63) is 46.2 Å². The minimum atomic E-state index is 0. The first kappa shape index (κ1) is 25.4. The summed E-state index contributed by atoms with van der Waals surface area (Å²) in [5, 5.41) is 8.57. The number of ether oxygens (including phenoxy) is 2. The van der Waals surface area contributed by atoms with Crippen LogP contribution in [0.25, 0.3) is 0 Å². The van der Waals surface area contributed by atoms with Crippen LogP contribution in [-0.4, -0.2) is 57.2 Å². The fraction of sp³-hybridized carbons (Fsp3) is 0.455. The minimum absolute atomic E-state index is 0. The summed E-state index contributed by atoms with van der Waals surface area (Å²) in [5.41, 5.74) is 2.16. The number of rotatable bonds is 9. The van der Waals surface area contributed by atoms with E-state index < -0.39 is 0 Å². The Balaban J connectivity index is 0.00000341. The lowest BCUT2D eigenvalue weighted by atomic mass is 10.1. The van der Waals surface area contributed by atoms with Gasteiger partial charge in [-0.3, -0.25) is 9.79 Å². The van der Waals surface area contributed by atoms with Crippen LogP contribution in [0.5, 0.6) is 5.75 Å². The molecule has 0 saturated carbocycles. The number of amides is 1. The number of carbonyl (C=O) groups is 1. The molecule has 0 saturated heterocycles. The maximum absolute atomic E-state index is 12.6. The van der Waals surface area contributed by atoms with Crippen molar-refractivity contribution in [2.75, 3.05) is 45.8 Å². The lowest BCUT2D eigenvalue weighted by molar-refractivity contribution is -0.131. The molecule has 0 aliphatic carbocycles. The smallest absolute Gasteiger partial charge is 0.224 e. The van der Waals surface area contributed by atoms with Gasteiger partial charge in [0.1, 0.15) is 5.75 Å². The number of thiophene rings is 1. The van der Waals surface area contributed by atoms with Gasteiger partial charge in [-0.05, 0) is 35.6 Å². The zero-order valence-electron chi connectivity index (χ0n) is 18.1. The van der Waals surface area contributed by atoms with Gasteiger partial charge in [0.05, 0.1) is 6.61 Å². The number of methoxy groups -OCH3 is 1. The first-order valence-electron chi connectivity index (χ1n) is 10.2. The van der Waals surface area contributed by atoms with Crippen LogP contribution in [0, 0.1) is 0 Å². The number of aliphatic imine (C=N–C) groups is 1. The molecule has 170 valence electrons. The number of carbonyl (C=O) groups excluding carboxylic acids is 1. The van der Waals surface area contributed by atoms with Crippen molar-refractivity contribution in [2.24, 2.45) is 4.99 Å². The Morgan fingerprint density at radius 2 is 2.16 bits per heavy atom. The zero-order chi connectivity index (χ0) is 21.2. The summed E-state index contributed by atoms with van der Waals surface area (Å²) in [6, 6.07) is 9.85. The highest BCUT2D eigenvalue weighted by molar-refractivity contribution is 14.0. The molecule has 0 unspecified atom stereocenters. The summed E-state index contributed by atoms with van der Waals surface area (Å²) in [6.07, 6.45) is 2.23. The number of halogens is 1. The highest BCUT2D eigenvalue weighted by Crippen LogP contribution is 2.24. The molecule has 31 heavy (non-hydrogen) atoms. The second-order valence-corrected chi connectivity index (χ2v) is 8.03. The number of benzene rings is 1. The minimum Gasteiger partial charge on any atom is -0.493 e. The van der Waals surface area contributed by atoms with E-state index in [0.29, 0.717) is 32.1 Å². The molecule has 1 amide bonds. The van der Waals surface area contributed by atoms with Gasteiger partial charge in [0, 0.05) is 69.9 Å². The monoisotopic (exact) mass is 558 g/mol. The highest BCUT2D eigenvalue weighted by atomic mass is 127. The summed E-state index contributed by atoms with van der Waals surface area (Å²) in [4.78, 5) is 20.1. The van der Waals surface area contributed by atoms with Crippen LogP contribution >= 0.6 is 35.3 Å². The van der Waals surface area contributed by atoms with Crippen LogP contribution in [0.3, 0.4) is 0 Å². The van der Waals surface area contributed by atoms with Gasteiger partial charge < -0.3 is 25.0 Å². The average molecular weight is 558 g/mol. The largest absolute Gasteiger partial charge is 0.493 e. The summed E-state index contributed by atoms with van der Waals surface area (Å²) < 4.78 is 10.8. The van der Waals surface area contributed by atoms with Crippen molar-refractivity contribution in [1.29, 1.82) is 0 Å². The number of guanidine groups is 1. The van der Waals surface area contributed by atoms with Crippen LogP contribution in [-0.2, 0) is 22.5 Å². The molecule has 7 nitrogen and oxygen atoms in total. The van der Waals surface area contributed by atoms with Crippen molar-refractivity contribution >= 4 is 52.9 Å². The lowest BCUT2D eigenvalue weighted by Crippen LogP contribution is -2.38. The second-order valence-electron chi connectivity index (χ2n) is 7.03. The molecule has 2 heterocycles. The zero-order valence-corrected chi connectivity index (χ0v) is 21.2. The maximum Gasteiger partial charge on any atom is 0.224 e. The first-order chi connectivity index (χ1) is 14.7. The number of hydrogen-bond donors (Lipinski definition) is 2. The van der Waals surface area contributed by atoms with E-state index in [1.807, 2.05) is 29.2 Å². The summed E-state index contributed by atoms with van der Waals surface area (Å²) in [5.74, 6) is 1.58. The van der Waals surface area contributed by atoms with Crippen LogP contribution < -0.4 is 15.4 Å². The van der Waals surface area contributed by atoms with Gasteiger partial charge in [0.2, 0.25) is 5.91 Å². The van der Waals surface area contributed by atoms with E-state index >= 15 is 0 Å². The Morgan fingerprint density at radius 1 is 1.29 bits per heavy atom. The molecule has 2 aromatic rings. The topological polar surface area (TPSA) is 75.2 Å². The standard InChI is InChI=1S/C22H30N4O3S.HI/c1-23-22(25-18-5-3-6-19(15-18)29-13-4-12-28-2)24-10-7-21(27)26-11-8-20-17(16-26)9-14-30-20;/h3,5-6,9,14-15H,4,7-8,10-13,16H2,1-2H3,(H2,23,24,25);1H. The molecular formula is C22H31IN4O3S. The Bertz CT molecular complexity index is 859. The highest BCUT2D eigenvalue weighted by Gasteiger charge is 2.21. The quantitative estimate of drug-likeness (QED) is 0.212. The van der Waals surface area contributed by atoms with E-state index in [1.165, 1.54) is 10.4 Å². The van der Waals surface area contributed by atoms with Gasteiger partial charge in [0.15, 0.2) is 5.96 Å². The van der Waals surface area contributed by atoms with Crippen LogP contribution in [0.1, 0.15) is 23.3 Å². The van der Waals surface area contributed by atoms with Crippen molar-refractivity contribution in [3.8, 4) is 5.75 Å². The fourth-order valence-electron chi connectivity index (χ4n) is 3.28. The molecule has 0 spiro atoms. The van der Waals surface area contributed by atoms with Crippen molar-refractivity contribution in [1.82, 2.24) is 10.2 Å². The SMILES string of the molecule is CN=C(NCCC(=O)N1CCc2sccc2C1)Nc1cccc(OCCCOC)c1.I. The Labute approximate surface area is 205 Å². The molecule has 9 heteroatoms. The summed E-state index contributed by atoms with van der Waals surface area (Å²) in [7, 11) is 3.40. The van der Waals surface area contributed by atoms with Gasteiger partial charge in [-0.1, -0.05) is 6.07 Å². The third-order valence-corrected chi connectivity index (χ3v) is 5.90. The molecule has 1 aromatic heterocycles. The molecule has 0 fully saturated rings. The van der Waals surface area contributed by atoms with E-state index in [9.17, 15) is 4.79 Å². The van der Waals surface area contributed by atoms with Gasteiger partial charge in [0.25, 0.3) is 0 Å². The molecule has 0 bridgehead atoms. The predicted octanol–water partition coefficient (Wildman–Crippen LogP) is 3.74. The maximum atomic E-state index is 12.6. The van der Waals surface area contributed by atoms with Gasteiger partial charge in [-0.2, -0.15) is 0 Å². The van der Waals surface area contributed by atoms with Gasteiger partial charge >= 0.3 is 0 Å². The van der Waals surface area contributed by atoms with Gasteiger partial charge in [-0.25, -0.2) is 0 Å². The molecule has 0 radical (unpaired) electrons. The van der Waals surface area contributed by atoms with Crippen molar-refractivity contribution in [3.63, 3.8) is 0 Å². The molecule has 1 aliphatic heterocycles. The third-order valence-electron chi connectivity index (χ3n) is 4.87.